The van der Waals surface area contributed by atoms with Gasteiger partial charge in [0, 0.05) is 49.9 Å². The standard InChI is InChI=1S/C37H45N3O4Si/c1-26-27(16-21-45(5,6)7)22-29(23-28(26)24-39-17-19-40(20-18-39)36(42)44-37(2,3)4)38-35(41)43-25-34-32-14-10-8-12-30(32)31-13-9-11-15-33(31)34/h8-15,22-23,34H,17-20,24-25H2,1-7H3,(H,38,41). The van der Waals surface area contributed by atoms with Crippen molar-refractivity contribution < 1.29 is 19.1 Å². The predicted octanol–water partition coefficient (Wildman–Crippen LogP) is 7.64. The summed E-state index contributed by atoms with van der Waals surface area (Å²) in [6.07, 6.45) is -0.752. The van der Waals surface area contributed by atoms with E-state index in [0.29, 0.717) is 25.3 Å². The second kappa shape index (κ2) is 13.1. The number of anilines is 1. The van der Waals surface area contributed by atoms with E-state index >= 15 is 0 Å². The lowest BCUT2D eigenvalue weighted by atomic mass is 9.98. The van der Waals surface area contributed by atoms with Gasteiger partial charge >= 0.3 is 12.2 Å². The third-order valence-corrected chi connectivity index (χ3v) is 8.97. The van der Waals surface area contributed by atoms with Gasteiger partial charge in [-0.15, -0.1) is 5.54 Å². The third kappa shape index (κ3) is 8.16. The van der Waals surface area contributed by atoms with Gasteiger partial charge in [0.2, 0.25) is 0 Å². The van der Waals surface area contributed by atoms with Crippen molar-refractivity contribution in [2.45, 2.75) is 65.4 Å². The number of nitrogens with zero attached hydrogens (tertiary/aromatic N) is 2. The Morgan fingerprint density at radius 1 is 0.933 bits per heavy atom. The molecule has 0 radical (unpaired) electrons. The van der Waals surface area contributed by atoms with Crippen LogP contribution in [-0.2, 0) is 16.0 Å². The summed E-state index contributed by atoms with van der Waals surface area (Å²) in [5, 5.41) is 2.99. The molecule has 7 nitrogen and oxygen atoms in total. The maximum atomic E-state index is 13.2. The number of hydrogen-bond acceptors (Lipinski definition) is 5. The summed E-state index contributed by atoms with van der Waals surface area (Å²) in [5.74, 6) is 3.41. The quantitative estimate of drug-likeness (QED) is 0.234. The van der Waals surface area contributed by atoms with Crippen LogP contribution >= 0.6 is 0 Å². The van der Waals surface area contributed by atoms with Gasteiger partial charge in [-0.05, 0) is 73.2 Å². The van der Waals surface area contributed by atoms with Crippen molar-refractivity contribution in [2.24, 2.45) is 0 Å². The van der Waals surface area contributed by atoms with Gasteiger partial charge in [0.25, 0.3) is 0 Å². The van der Waals surface area contributed by atoms with Crippen molar-refractivity contribution in [2.75, 3.05) is 38.1 Å². The second-order valence-electron chi connectivity index (χ2n) is 14.0. The molecule has 236 valence electrons. The Balaban J connectivity index is 1.29. The number of nitrogens with one attached hydrogen (secondary N) is 1. The molecule has 8 heteroatoms. The Bertz CT molecular complexity index is 1590. The van der Waals surface area contributed by atoms with Crippen molar-refractivity contribution in [3.8, 4) is 22.6 Å². The van der Waals surface area contributed by atoms with E-state index in [-0.39, 0.29) is 18.6 Å². The Hall–Kier alpha value is -4.06. The van der Waals surface area contributed by atoms with Crippen molar-refractivity contribution >= 4 is 25.9 Å². The maximum absolute atomic E-state index is 13.2. The van der Waals surface area contributed by atoms with E-state index in [1.54, 1.807) is 4.90 Å². The van der Waals surface area contributed by atoms with Crippen LogP contribution < -0.4 is 5.32 Å². The number of ether oxygens (including phenoxy) is 2. The molecule has 1 saturated heterocycles. The predicted molar refractivity (Wildman–Crippen MR) is 183 cm³/mol. The molecule has 3 aromatic rings. The largest absolute Gasteiger partial charge is 0.448 e. The van der Waals surface area contributed by atoms with Crippen LogP contribution in [0.1, 0.15) is 54.5 Å². The minimum absolute atomic E-state index is 0.00533. The van der Waals surface area contributed by atoms with E-state index in [2.05, 4.69) is 72.5 Å². The number of amides is 2. The van der Waals surface area contributed by atoms with E-state index in [9.17, 15) is 9.59 Å². The highest BCUT2D eigenvalue weighted by atomic mass is 28.3. The average molecular weight is 624 g/mol. The molecule has 1 fully saturated rings. The van der Waals surface area contributed by atoms with Gasteiger partial charge in [0.15, 0.2) is 0 Å². The third-order valence-electron chi connectivity index (χ3n) is 8.10. The SMILES string of the molecule is Cc1c(C#C[Si](C)(C)C)cc(NC(=O)OCC2c3ccccc3-c3ccccc32)cc1CN1CCN(C(=O)OC(C)(C)C)CC1. The highest BCUT2D eigenvalue weighted by Gasteiger charge is 2.29. The number of rotatable bonds is 5. The van der Waals surface area contributed by atoms with Gasteiger partial charge < -0.3 is 14.4 Å². The first-order valence-corrected chi connectivity index (χ1v) is 19.3. The number of fused-ring (bicyclic) bond motifs is 3. The summed E-state index contributed by atoms with van der Waals surface area (Å²) < 4.78 is 11.4. The van der Waals surface area contributed by atoms with Crippen molar-refractivity contribution in [3.63, 3.8) is 0 Å². The number of carbonyl (C=O) groups is 2. The lowest BCUT2D eigenvalue weighted by Crippen LogP contribution is -2.49. The van der Waals surface area contributed by atoms with Gasteiger partial charge in [0.1, 0.15) is 20.3 Å². The Kier molecular flexibility index (Phi) is 9.43. The topological polar surface area (TPSA) is 71.1 Å². The Morgan fingerprint density at radius 2 is 1.53 bits per heavy atom. The van der Waals surface area contributed by atoms with Crippen molar-refractivity contribution in [1.29, 1.82) is 0 Å². The second-order valence-corrected chi connectivity index (χ2v) is 18.8. The first-order chi connectivity index (χ1) is 21.3. The molecule has 0 saturated carbocycles. The Morgan fingerprint density at radius 3 is 2.11 bits per heavy atom. The minimum Gasteiger partial charge on any atom is -0.448 e. The molecule has 2 amide bonds. The van der Waals surface area contributed by atoms with Crippen LogP contribution in [-0.4, -0.2) is 68.4 Å². The summed E-state index contributed by atoms with van der Waals surface area (Å²) in [6, 6.07) is 20.6. The molecule has 1 heterocycles. The molecule has 1 aliphatic carbocycles. The monoisotopic (exact) mass is 623 g/mol. The van der Waals surface area contributed by atoms with E-state index in [1.807, 2.05) is 57.2 Å². The molecule has 0 bridgehead atoms. The fraction of sp³-hybridized carbons (Fsp3) is 0.405. The van der Waals surface area contributed by atoms with Gasteiger partial charge in [-0.1, -0.05) is 74.1 Å². The molecule has 0 atom stereocenters. The number of hydrogen-bond donors (Lipinski definition) is 1. The zero-order valence-electron chi connectivity index (χ0n) is 27.6. The zero-order valence-corrected chi connectivity index (χ0v) is 28.6. The van der Waals surface area contributed by atoms with Crippen LogP contribution in [0.5, 0.6) is 0 Å². The average Bonchev–Trinajstić information content (AvgIpc) is 3.29. The first-order valence-electron chi connectivity index (χ1n) is 15.8. The van der Waals surface area contributed by atoms with E-state index in [0.717, 1.165) is 29.8 Å². The van der Waals surface area contributed by atoms with Crippen LogP contribution in [0.15, 0.2) is 60.7 Å². The molecule has 0 spiro atoms. The van der Waals surface area contributed by atoms with Crippen LogP contribution in [0.4, 0.5) is 15.3 Å². The van der Waals surface area contributed by atoms with Gasteiger partial charge in [-0.2, -0.15) is 0 Å². The zero-order chi connectivity index (χ0) is 32.4. The van der Waals surface area contributed by atoms with Gasteiger partial charge in [0.05, 0.1) is 0 Å². The highest BCUT2D eigenvalue weighted by molar-refractivity contribution is 6.83. The van der Waals surface area contributed by atoms with Crippen LogP contribution in [0.25, 0.3) is 11.1 Å². The summed E-state index contributed by atoms with van der Waals surface area (Å²) in [6.45, 7) is 18.0. The summed E-state index contributed by atoms with van der Waals surface area (Å²) in [7, 11) is -1.63. The molecule has 2 aliphatic rings. The molecule has 1 N–H and O–H groups in total. The van der Waals surface area contributed by atoms with Crippen molar-refractivity contribution in [1.82, 2.24) is 9.80 Å². The van der Waals surface area contributed by atoms with Gasteiger partial charge in [-0.3, -0.25) is 10.2 Å². The molecule has 0 unspecified atom stereocenters. The fourth-order valence-corrected chi connectivity index (χ4v) is 6.31. The van der Waals surface area contributed by atoms with Crippen LogP contribution in [0, 0.1) is 18.4 Å². The number of piperazine rings is 1. The smallest absolute Gasteiger partial charge is 0.411 e. The van der Waals surface area contributed by atoms with E-state index < -0.39 is 19.8 Å². The van der Waals surface area contributed by atoms with Gasteiger partial charge in [-0.25, -0.2) is 9.59 Å². The summed E-state index contributed by atoms with van der Waals surface area (Å²) >= 11 is 0. The van der Waals surface area contributed by atoms with E-state index in [1.165, 1.54) is 22.3 Å². The molecular formula is C37H45N3O4Si. The number of carbonyl (C=O) groups excluding carboxylic acids is 2. The van der Waals surface area contributed by atoms with E-state index in [4.69, 9.17) is 9.47 Å². The molecule has 5 rings (SSSR count). The van der Waals surface area contributed by atoms with Crippen LogP contribution in [0.3, 0.4) is 0 Å². The normalized spacial score (nSPS) is 15.0. The maximum Gasteiger partial charge on any atom is 0.411 e. The summed E-state index contributed by atoms with van der Waals surface area (Å²) in [5.41, 5.74) is 11.5. The molecule has 3 aromatic carbocycles. The fourth-order valence-electron chi connectivity index (χ4n) is 5.80. The van der Waals surface area contributed by atoms with Crippen molar-refractivity contribution in [3.05, 3.63) is 88.5 Å². The first kappa shape index (κ1) is 32.3. The minimum atomic E-state index is -1.63. The molecule has 45 heavy (non-hydrogen) atoms. The lowest BCUT2D eigenvalue weighted by molar-refractivity contribution is 0.0139. The lowest BCUT2D eigenvalue weighted by Gasteiger charge is -2.35. The molecular weight excluding hydrogens is 579 g/mol. The Labute approximate surface area is 268 Å². The summed E-state index contributed by atoms with van der Waals surface area (Å²) in [4.78, 5) is 29.8. The molecule has 1 aliphatic heterocycles. The molecule has 0 aromatic heterocycles. The highest BCUT2D eigenvalue weighted by Crippen LogP contribution is 2.44. The number of benzene rings is 3. The van der Waals surface area contributed by atoms with Crippen LogP contribution in [0.2, 0.25) is 19.6 Å².